The number of quaternary nitrogens is 1. The highest BCUT2D eigenvalue weighted by Gasteiger charge is 2.16. The maximum Gasteiger partial charge on any atom is 0.279 e. The molecule has 3 N–H and O–H groups in total. The Morgan fingerprint density at radius 1 is 1.17 bits per heavy atom. The maximum absolute atomic E-state index is 13.6. The first-order chi connectivity index (χ1) is 10.9. The van der Waals surface area contributed by atoms with Gasteiger partial charge in [-0.1, -0.05) is 11.6 Å². The molecule has 1 amide bonds. The van der Waals surface area contributed by atoms with Crippen LogP contribution in [-0.4, -0.2) is 12.5 Å². The Morgan fingerprint density at radius 3 is 2.48 bits per heavy atom. The minimum absolute atomic E-state index is 0.00564. The van der Waals surface area contributed by atoms with Crippen molar-refractivity contribution >= 4 is 23.2 Å². The van der Waals surface area contributed by atoms with Crippen LogP contribution in [0.2, 0.25) is 5.02 Å². The van der Waals surface area contributed by atoms with Crippen molar-refractivity contribution in [2.24, 2.45) is 0 Å². The number of nitrogens with two attached hydrogens (primary N) is 1. The molecule has 0 saturated heterocycles. The largest absolute Gasteiger partial charge is 0.332 e. The molecule has 3 nitrogen and oxygen atoms in total. The van der Waals surface area contributed by atoms with Crippen LogP contribution in [0.1, 0.15) is 18.5 Å². The maximum atomic E-state index is 13.6. The first-order valence-corrected chi connectivity index (χ1v) is 7.28. The summed E-state index contributed by atoms with van der Waals surface area (Å²) in [6.07, 6.45) is 0. The number of hydrogen-bond acceptors (Lipinski definition) is 1. The van der Waals surface area contributed by atoms with Gasteiger partial charge in [0, 0.05) is 11.6 Å². The summed E-state index contributed by atoms with van der Waals surface area (Å²) in [6, 6.07) is 6.59. The van der Waals surface area contributed by atoms with Gasteiger partial charge in [-0.2, -0.15) is 0 Å². The SMILES string of the molecule is C[C@H]([NH2+]CC(=O)Nc1ccc(F)cc1Cl)c1ccc(F)cc1F. The molecule has 0 spiro atoms. The van der Waals surface area contributed by atoms with Crippen LogP contribution >= 0.6 is 11.6 Å². The Morgan fingerprint density at radius 2 is 1.83 bits per heavy atom. The zero-order valence-electron chi connectivity index (χ0n) is 12.2. The number of carbonyl (C=O) groups is 1. The van der Waals surface area contributed by atoms with Crippen LogP contribution < -0.4 is 10.6 Å². The number of halogens is 4. The average molecular weight is 344 g/mol. The summed E-state index contributed by atoms with van der Waals surface area (Å²) in [4.78, 5) is 11.9. The fraction of sp³-hybridized carbons (Fsp3) is 0.188. The molecule has 2 aromatic rings. The summed E-state index contributed by atoms with van der Waals surface area (Å²) in [7, 11) is 0. The number of benzene rings is 2. The van der Waals surface area contributed by atoms with Crippen molar-refractivity contribution < 1.29 is 23.3 Å². The van der Waals surface area contributed by atoms with E-state index >= 15 is 0 Å². The predicted molar refractivity (Wildman–Crippen MR) is 81.6 cm³/mol. The van der Waals surface area contributed by atoms with Crippen molar-refractivity contribution in [1.82, 2.24) is 0 Å². The number of amides is 1. The van der Waals surface area contributed by atoms with Gasteiger partial charge in [0.15, 0.2) is 6.54 Å². The molecule has 0 aliphatic carbocycles. The number of carbonyl (C=O) groups excluding carboxylic acids is 1. The van der Waals surface area contributed by atoms with Crippen LogP contribution in [-0.2, 0) is 4.79 Å². The van der Waals surface area contributed by atoms with E-state index in [4.69, 9.17) is 11.6 Å². The van der Waals surface area contributed by atoms with Gasteiger partial charge < -0.3 is 10.6 Å². The summed E-state index contributed by atoms with van der Waals surface area (Å²) in [5.41, 5.74) is 0.603. The third-order valence-electron chi connectivity index (χ3n) is 3.32. The van der Waals surface area contributed by atoms with E-state index in [1.54, 1.807) is 12.2 Å². The molecule has 23 heavy (non-hydrogen) atoms. The minimum Gasteiger partial charge on any atom is -0.332 e. The molecular formula is C16H15ClF3N2O+. The topological polar surface area (TPSA) is 45.7 Å². The summed E-state index contributed by atoms with van der Waals surface area (Å²) < 4.78 is 39.5. The minimum atomic E-state index is -0.657. The van der Waals surface area contributed by atoms with E-state index < -0.39 is 17.5 Å². The Balaban J connectivity index is 1.93. The summed E-state index contributed by atoms with van der Waals surface area (Å²) in [6.45, 7) is 1.71. The molecule has 0 saturated carbocycles. The van der Waals surface area contributed by atoms with Gasteiger partial charge in [-0.15, -0.1) is 0 Å². The van der Waals surface area contributed by atoms with Crippen molar-refractivity contribution in [2.45, 2.75) is 13.0 Å². The van der Waals surface area contributed by atoms with Crippen molar-refractivity contribution in [3.05, 3.63) is 64.4 Å². The lowest BCUT2D eigenvalue weighted by Gasteiger charge is -2.12. The lowest BCUT2D eigenvalue weighted by molar-refractivity contribution is -0.682. The van der Waals surface area contributed by atoms with Gasteiger partial charge in [-0.25, -0.2) is 13.2 Å². The van der Waals surface area contributed by atoms with Crippen LogP contribution in [0.5, 0.6) is 0 Å². The average Bonchev–Trinajstić information content (AvgIpc) is 2.48. The molecule has 0 bridgehead atoms. The van der Waals surface area contributed by atoms with Crippen molar-refractivity contribution in [1.29, 1.82) is 0 Å². The van der Waals surface area contributed by atoms with E-state index in [1.807, 2.05) is 0 Å². The van der Waals surface area contributed by atoms with Crippen LogP contribution in [0.15, 0.2) is 36.4 Å². The molecule has 0 heterocycles. The number of anilines is 1. The highest BCUT2D eigenvalue weighted by molar-refractivity contribution is 6.33. The lowest BCUT2D eigenvalue weighted by atomic mass is 10.1. The number of hydrogen-bond donors (Lipinski definition) is 2. The molecule has 2 aromatic carbocycles. The second kappa shape index (κ2) is 7.48. The van der Waals surface area contributed by atoms with Gasteiger partial charge in [-0.05, 0) is 37.3 Å². The second-order valence-electron chi connectivity index (χ2n) is 5.07. The highest BCUT2D eigenvalue weighted by Crippen LogP contribution is 2.22. The van der Waals surface area contributed by atoms with E-state index in [1.165, 1.54) is 24.3 Å². The molecule has 122 valence electrons. The van der Waals surface area contributed by atoms with Gasteiger partial charge in [0.05, 0.1) is 10.7 Å². The molecule has 0 radical (unpaired) electrons. The first-order valence-electron chi connectivity index (χ1n) is 6.90. The Bertz CT molecular complexity index is 724. The van der Waals surface area contributed by atoms with Crippen molar-refractivity contribution in [3.8, 4) is 0 Å². The molecule has 0 aromatic heterocycles. The van der Waals surface area contributed by atoms with Crippen LogP contribution in [0, 0.1) is 17.5 Å². The first kappa shape index (κ1) is 17.3. The summed E-state index contributed by atoms with van der Waals surface area (Å²) in [5, 5.41) is 4.24. The summed E-state index contributed by atoms with van der Waals surface area (Å²) >= 11 is 5.82. The second-order valence-corrected chi connectivity index (χ2v) is 5.47. The standard InChI is InChI=1S/C16H14ClF3N2O/c1-9(12-4-2-11(19)7-14(12)20)21-8-16(23)22-15-5-3-10(18)6-13(15)17/h2-7,9,21H,8H2,1H3,(H,22,23)/p+1/t9-/m0/s1. The Hall–Kier alpha value is -2.05. The normalized spacial score (nSPS) is 12.0. The van der Waals surface area contributed by atoms with Gasteiger partial charge in [-0.3, -0.25) is 4.79 Å². The highest BCUT2D eigenvalue weighted by atomic mass is 35.5. The van der Waals surface area contributed by atoms with Gasteiger partial charge >= 0.3 is 0 Å². The monoisotopic (exact) mass is 343 g/mol. The van der Waals surface area contributed by atoms with E-state index in [-0.39, 0.29) is 23.5 Å². The fourth-order valence-electron chi connectivity index (χ4n) is 2.07. The van der Waals surface area contributed by atoms with E-state index in [9.17, 15) is 18.0 Å². The molecule has 1 atom stereocenters. The third-order valence-corrected chi connectivity index (χ3v) is 3.63. The zero-order chi connectivity index (χ0) is 17.0. The lowest BCUT2D eigenvalue weighted by Crippen LogP contribution is -2.86. The molecule has 0 aliphatic rings. The number of nitrogens with one attached hydrogen (secondary N) is 1. The zero-order valence-corrected chi connectivity index (χ0v) is 13.0. The van der Waals surface area contributed by atoms with Gasteiger partial charge in [0.2, 0.25) is 0 Å². The Labute approximate surface area is 136 Å². The Kier molecular flexibility index (Phi) is 5.63. The van der Waals surface area contributed by atoms with Gasteiger partial charge in [0.1, 0.15) is 23.5 Å². The predicted octanol–water partition coefficient (Wildman–Crippen LogP) is 3.02. The molecule has 7 heteroatoms. The van der Waals surface area contributed by atoms with E-state index in [0.29, 0.717) is 11.3 Å². The van der Waals surface area contributed by atoms with E-state index in [0.717, 1.165) is 12.1 Å². The van der Waals surface area contributed by atoms with Crippen LogP contribution in [0.4, 0.5) is 18.9 Å². The summed E-state index contributed by atoms with van der Waals surface area (Å²) in [5.74, 6) is -2.18. The van der Waals surface area contributed by atoms with E-state index in [2.05, 4.69) is 5.32 Å². The molecule has 2 rings (SSSR count). The fourth-order valence-corrected chi connectivity index (χ4v) is 2.29. The number of rotatable bonds is 5. The quantitative estimate of drug-likeness (QED) is 0.861. The van der Waals surface area contributed by atoms with Gasteiger partial charge in [0.25, 0.3) is 5.91 Å². The third kappa shape index (κ3) is 4.71. The smallest absolute Gasteiger partial charge is 0.279 e. The van der Waals surface area contributed by atoms with Crippen molar-refractivity contribution in [2.75, 3.05) is 11.9 Å². The molecule has 0 aliphatic heterocycles. The van der Waals surface area contributed by atoms with Crippen LogP contribution in [0.3, 0.4) is 0 Å². The molecular weight excluding hydrogens is 329 g/mol. The molecule has 0 unspecified atom stereocenters. The molecule has 0 fully saturated rings. The van der Waals surface area contributed by atoms with Crippen LogP contribution in [0.25, 0.3) is 0 Å². The van der Waals surface area contributed by atoms with Crippen molar-refractivity contribution in [3.63, 3.8) is 0 Å².